The Morgan fingerprint density at radius 2 is 1.94 bits per heavy atom. The number of carbonyl (C=O) groups excluding carboxylic acids is 2. The highest BCUT2D eigenvalue weighted by Crippen LogP contribution is 2.46. The number of carboxylic acids is 1. The highest BCUT2D eigenvalue weighted by Gasteiger charge is 2.54. The van der Waals surface area contributed by atoms with Gasteiger partial charge in [0.05, 0.1) is 6.42 Å². The lowest BCUT2D eigenvalue weighted by Crippen LogP contribution is -2.70. The third-order valence-corrected chi connectivity index (χ3v) is 8.82. The molecule has 10 heteroatoms. The van der Waals surface area contributed by atoms with Gasteiger partial charge in [-0.3, -0.25) is 14.5 Å². The van der Waals surface area contributed by atoms with Crippen LogP contribution in [0.2, 0.25) is 0 Å². The number of carboxylic acid groups (broad SMARTS) is 1. The lowest BCUT2D eigenvalue weighted by Gasteiger charge is -2.49. The molecule has 2 aliphatic heterocycles. The van der Waals surface area contributed by atoms with Crippen LogP contribution in [0, 0.1) is 0 Å². The van der Waals surface area contributed by atoms with E-state index in [0.717, 1.165) is 19.4 Å². The van der Waals surface area contributed by atoms with Gasteiger partial charge >= 0.3 is 5.97 Å². The fourth-order valence-electron chi connectivity index (χ4n) is 3.37. The molecule has 160 valence electrons. The van der Waals surface area contributed by atoms with Crippen molar-refractivity contribution in [1.82, 2.24) is 10.2 Å². The Balaban J connectivity index is 1.50. The topological polar surface area (TPSA) is 86.7 Å². The first-order valence-electron chi connectivity index (χ1n) is 9.22. The number of carbonyl (C=O) groups is 3. The predicted octanol–water partition coefficient (Wildman–Crippen LogP) is 4.24. The molecule has 0 aromatic heterocycles. The minimum Gasteiger partial charge on any atom is -0.477 e. The van der Waals surface area contributed by atoms with Crippen LogP contribution in [-0.4, -0.2) is 45.0 Å². The van der Waals surface area contributed by atoms with Crippen molar-refractivity contribution in [2.75, 3.05) is 5.75 Å². The van der Waals surface area contributed by atoms with Gasteiger partial charge in [-0.15, -0.1) is 11.8 Å². The normalized spacial score (nSPS) is 20.2. The Bertz CT molecular complexity index is 1090. The van der Waals surface area contributed by atoms with Crippen molar-refractivity contribution in [3.63, 3.8) is 0 Å². The van der Waals surface area contributed by atoms with Gasteiger partial charge in [-0.1, -0.05) is 58.0 Å². The molecule has 2 atom stereocenters. The number of β-lactam (4-membered cyclic amide) rings is 1. The van der Waals surface area contributed by atoms with E-state index in [1.165, 1.54) is 28.4 Å². The molecule has 2 amide bonds. The number of hydrogen-bond donors (Lipinski definition) is 2. The van der Waals surface area contributed by atoms with E-state index in [1.54, 1.807) is 0 Å². The smallest absolute Gasteiger partial charge is 0.353 e. The predicted molar refractivity (Wildman–Crippen MR) is 128 cm³/mol. The third-order valence-electron chi connectivity index (χ3n) is 4.79. The molecule has 0 unspecified atom stereocenters. The van der Waals surface area contributed by atoms with Crippen LogP contribution in [0.3, 0.4) is 0 Å². The maximum Gasteiger partial charge on any atom is 0.353 e. The van der Waals surface area contributed by atoms with Crippen molar-refractivity contribution in [2.24, 2.45) is 0 Å². The van der Waals surface area contributed by atoms with Crippen LogP contribution < -0.4 is 5.32 Å². The number of nitrogens with one attached hydrogen (secondary N) is 1. The minimum absolute atomic E-state index is 0.0119. The molecule has 31 heavy (non-hydrogen) atoms. The molecule has 6 nitrogen and oxygen atoms in total. The van der Waals surface area contributed by atoms with Crippen molar-refractivity contribution in [1.29, 1.82) is 0 Å². The number of fused-ring (bicyclic) bond motifs is 1. The summed E-state index contributed by atoms with van der Waals surface area (Å²) >= 11 is 9.67. The molecule has 1 saturated heterocycles. The summed E-state index contributed by atoms with van der Waals surface area (Å²) in [5.41, 5.74) is 0.840. The molecular formula is C21H16Br2N2O4S2. The largest absolute Gasteiger partial charge is 0.477 e. The summed E-state index contributed by atoms with van der Waals surface area (Å²) in [5, 5.41) is 12.2. The molecule has 0 bridgehead atoms. The molecule has 0 radical (unpaired) electrons. The summed E-state index contributed by atoms with van der Waals surface area (Å²) in [6, 6.07) is 14.2. The average Bonchev–Trinajstić information content (AvgIpc) is 2.74. The van der Waals surface area contributed by atoms with E-state index in [0.29, 0.717) is 10.7 Å². The maximum atomic E-state index is 12.8. The summed E-state index contributed by atoms with van der Waals surface area (Å²) in [6.07, 6.45) is 0.169. The van der Waals surface area contributed by atoms with Gasteiger partial charge in [-0.25, -0.2) is 4.79 Å². The number of benzene rings is 2. The molecule has 0 spiro atoms. The number of amides is 2. The zero-order chi connectivity index (χ0) is 22.1. The van der Waals surface area contributed by atoms with Crippen LogP contribution in [0.1, 0.15) is 5.56 Å². The highest BCUT2D eigenvalue weighted by atomic mass is 79.9. The van der Waals surface area contributed by atoms with Crippen LogP contribution in [0.4, 0.5) is 0 Å². The van der Waals surface area contributed by atoms with Crippen LogP contribution in [-0.2, 0) is 20.8 Å². The SMILES string of the molecule is O=C(Cc1ccccc1)N[C@@H]1C(=O)N2C(C(=O)O)=C(Sc3ccc(Br)cc3Br)CS[C@@H]12. The summed E-state index contributed by atoms with van der Waals surface area (Å²) in [4.78, 5) is 39.9. The molecule has 2 aromatic rings. The van der Waals surface area contributed by atoms with Gasteiger partial charge in [0.2, 0.25) is 5.91 Å². The quantitative estimate of drug-likeness (QED) is 0.495. The molecule has 2 heterocycles. The highest BCUT2D eigenvalue weighted by molar-refractivity contribution is 9.11. The number of hydrogen-bond acceptors (Lipinski definition) is 5. The Kier molecular flexibility index (Phi) is 6.80. The fraction of sp³-hybridized carbons (Fsp3) is 0.190. The van der Waals surface area contributed by atoms with E-state index >= 15 is 0 Å². The van der Waals surface area contributed by atoms with Crippen molar-refractivity contribution < 1.29 is 19.5 Å². The average molecular weight is 584 g/mol. The van der Waals surface area contributed by atoms with Crippen molar-refractivity contribution in [3.05, 3.63) is 73.6 Å². The zero-order valence-electron chi connectivity index (χ0n) is 15.9. The van der Waals surface area contributed by atoms with Crippen LogP contribution in [0.25, 0.3) is 0 Å². The monoisotopic (exact) mass is 582 g/mol. The maximum absolute atomic E-state index is 12.8. The first-order chi connectivity index (χ1) is 14.8. The van der Waals surface area contributed by atoms with Crippen molar-refractivity contribution in [3.8, 4) is 0 Å². The van der Waals surface area contributed by atoms with E-state index in [-0.39, 0.29) is 18.0 Å². The second-order valence-electron chi connectivity index (χ2n) is 6.87. The number of rotatable bonds is 6. The second kappa shape index (κ2) is 9.40. The number of nitrogens with zero attached hydrogens (tertiary/aromatic N) is 1. The second-order valence-corrected chi connectivity index (χ2v) is 10.9. The summed E-state index contributed by atoms with van der Waals surface area (Å²) in [6.45, 7) is 0. The van der Waals surface area contributed by atoms with E-state index in [2.05, 4.69) is 37.2 Å². The molecule has 4 rings (SSSR count). The van der Waals surface area contributed by atoms with Gasteiger partial charge in [0.15, 0.2) is 0 Å². The Hall–Kier alpha value is -1.75. The van der Waals surface area contributed by atoms with Crippen LogP contribution in [0.15, 0.2) is 73.0 Å². The molecule has 1 fully saturated rings. The van der Waals surface area contributed by atoms with Crippen molar-refractivity contribution in [2.45, 2.75) is 22.7 Å². The van der Waals surface area contributed by atoms with Gasteiger partial charge in [0, 0.05) is 24.5 Å². The van der Waals surface area contributed by atoms with Crippen LogP contribution in [0.5, 0.6) is 0 Å². The first kappa shape index (κ1) is 22.4. The van der Waals surface area contributed by atoms with Gasteiger partial charge in [-0.2, -0.15) is 0 Å². The first-order valence-corrected chi connectivity index (χ1v) is 12.7. The van der Waals surface area contributed by atoms with Gasteiger partial charge in [0.1, 0.15) is 17.1 Å². The van der Waals surface area contributed by atoms with Gasteiger partial charge in [0.25, 0.3) is 5.91 Å². The van der Waals surface area contributed by atoms with Crippen LogP contribution >= 0.6 is 55.4 Å². The zero-order valence-corrected chi connectivity index (χ0v) is 20.7. The lowest BCUT2D eigenvalue weighted by atomic mass is 10.0. The minimum atomic E-state index is -1.15. The Morgan fingerprint density at radius 1 is 1.19 bits per heavy atom. The molecule has 2 aromatic carbocycles. The van der Waals surface area contributed by atoms with Crippen molar-refractivity contribution >= 4 is 73.2 Å². The molecule has 0 saturated carbocycles. The number of aliphatic carboxylic acids is 1. The Morgan fingerprint density at radius 3 is 2.61 bits per heavy atom. The summed E-state index contributed by atoms with van der Waals surface area (Å²) < 4.78 is 1.73. The summed E-state index contributed by atoms with van der Waals surface area (Å²) in [5.74, 6) is -1.37. The molecule has 2 N–H and O–H groups in total. The van der Waals surface area contributed by atoms with E-state index < -0.39 is 23.3 Å². The lowest BCUT2D eigenvalue weighted by molar-refractivity contribution is -0.150. The number of thioether (sulfide) groups is 2. The number of halogens is 2. The standard InChI is InChI=1S/C21H16Br2N2O4S2/c22-12-6-7-14(13(23)9-12)31-15-10-30-20-17(19(27)25(20)18(15)21(28)29)24-16(26)8-11-4-2-1-3-5-11/h1-7,9,17,20H,8,10H2,(H,24,26)(H,28,29)/t17-,20+/m1/s1. The van der Waals surface area contributed by atoms with Gasteiger partial charge in [-0.05, 0) is 39.7 Å². The van der Waals surface area contributed by atoms with Gasteiger partial charge < -0.3 is 10.4 Å². The van der Waals surface area contributed by atoms with E-state index in [9.17, 15) is 19.5 Å². The molecular weight excluding hydrogens is 568 g/mol. The third kappa shape index (κ3) is 4.72. The summed E-state index contributed by atoms with van der Waals surface area (Å²) in [7, 11) is 0. The molecule has 0 aliphatic carbocycles. The Labute approximate surface area is 204 Å². The fourth-order valence-corrected chi connectivity index (χ4v) is 7.13. The van der Waals surface area contributed by atoms with E-state index in [1.807, 2.05) is 48.5 Å². The van der Waals surface area contributed by atoms with E-state index in [4.69, 9.17) is 0 Å². The molecule has 2 aliphatic rings.